The lowest BCUT2D eigenvalue weighted by molar-refractivity contribution is -0.159. The Hall–Kier alpha value is -3.79. The number of carbonyl (C=O) groups is 3. The topological polar surface area (TPSA) is 116 Å². The molecular formula is C24H26F2N2O6. The summed E-state index contributed by atoms with van der Waals surface area (Å²) in [4.78, 5) is 33.6. The number of hydroxylamine groups is 2. The molecule has 3 N–H and O–H groups in total. The van der Waals surface area contributed by atoms with Gasteiger partial charge < -0.3 is 9.84 Å². The summed E-state index contributed by atoms with van der Waals surface area (Å²) in [6, 6.07) is 10.5. The molecule has 182 valence electrons. The molecule has 0 unspecified atom stereocenters. The van der Waals surface area contributed by atoms with Crippen molar-refractivity contribution in [2.45, 2.75) is 38.7 Å². The van der Waals surface area contributed by atoms with Gasteiger partial charge in [-0.25, -0.2) is 23.4 Å². The molecule has 0 bridgehead atoms. The van der Waals surface area contributed by atoms with Gasteiger partial charge in [0.1, 0.15) is 6.61 Å². The number of aryl methyl sites for hydroxylation is 1. The molecule has 8 nitrogen and oxygen atoms in total. The maximum absolute atomic E-state index is 13.2. The zero-order valence-corrected chi connectivity index (χ0v) is 18.4. The maximum atomic E-state index is 13.2. The molecule has 0 atom stereocenters. The predicted molar refractivity (Wildman–Crippen MR) is 119 cm³/mol. The Bertz CT molecular complexity index is 1010. The Morgan fingerprint density at radius 2 is 1.59 bits per heavy atom. The van der Waals surface area contributed by atoms with E-state index in [1.165, 1.54) is 6.07 Å². The van der Waals surface area contributed by atoms with Crippen molar-refractivity contribution in [2.75, 3.05) is 11.9 Å². The number of carbonyl (C=O) groups excluding carboxylic acids is 2. The molecular weight excluding hydrogens is 450 g/mol. The van der Waals surface area contributed by atoms with Crippen LogP contribution in [0.1, 0.15) is 36.8 Å². The summed E-state index contributed by atoms with van der Waals surface area (Å²) in [6.45, 7) is 0.148. The highest BCUT2D eigenvalue weighted by molar-refractivity contribution is 5.93. The van der Waals surface area contributed by atoms with Crippen LogP contribution in [0.3, 0.4) is 0 Å². The van der Waals surface area contributed by atoms with Crippen molar-refractivity contribution >= 4 is 23.7 Å². The summed E-state index contributed by atoms with van der Waals surface area (Å²) in [5, 5.41) is 20.8. The lowest BCUT2D eigenvalue weighted by atomic mass is 10.0. The van der Waals surface area contributed by atoms with E-state index in [0.29, 0.717) is 17.6 Å². The van der Waals surface area contributed by atoms with E-state index in [1.807, 2.05) is 24.3 Å². The Morgan fingerprint density at radius 1 is 0.912 bits per heavy atom. The number of ether oxygens (including phenoxy) is 1. The number of nitrogens with one attached hydrogen (secondary N) is 1. The fraction of sp³-hybridized carbons (Fsp3) is 0.292. The largest absolute Gasteiger partial charge is 0.478 e. The fourth-order valence-electron chi connectivity index (χ4n) is 2.96. The minimum absolute atomic E-state index is 0.0217. The Morgan fingerprint density at radius 3 is 2.26 bits per heavy atom. The van der Waals surface area contributed by atoms with Crippen LogP contribution in [0.4, 0.5) is 19.3 Å². The number of carboxylic acids is 1. The summed E-state index contributed by atoms with van der Waals surface area (Å²) in [6.07, 6.45) is 4.71. The van der Waals surface area contributed by atoms with Crippen LogP contribution in [0, 0.1) is 11.6 Å². The molecule has 34 heavy (non-hydrogen) atoms. The van der Waals surface area contributed by atoms with Gasteiger partial charge in [0.2, 0.25) is 0 Å². The Labute approximate surface area is 195 Å². The zero-order valence-electron chi connectivity index (χ0n) is 18.4. The van der Waals surface area contributed by atoms with E-state index in [-0.39, 0.29) is 18.8 Å². The van der Waals surface area contributed by atoms with Crippen molar-refractivity contribution in [1.29, 1.82) is 0 Å². The van der Waals surface area contributed by atoms with Crippen LogP contribution in [0.2, 0.25) is 0 Å². The summed E-state index contributed by atoms with van der Waals surface area (Å²) in [5.41, 5.74) is 1.97. The van der Waals surface area contributed by atoms with E-state index in [0.717, 1.165) is 55.0 Å². The highest BCUT2D eigenvalue weighted by Gasteiger charge is 2.08. The molecule has 0 aromatic heterocycles. The van der Waals surface area contributed by atoms with Crippen molar-refractivity contribution in [3.05, 3.63) is 77.4 Å². The Balaban J connectivity index is 1.61. The first-order valence-electron chi connectivity index (χ1n) is 10.6. The van der Waals surface area contributed by atoms with Crippen LogP contribution in [0.25, 0.3) is 0 Å². The third-order valence-corrected chi connectivity index (χ3v) is 4.77. The van der Waals surface area contributed by atoms with Gasteiger partial charge in [-0.05, 0) is 42.5 Å². The molecule has 10 heteroatoms. The molecule has 0 radical (unpaired) electrons. The molecule has 0 spiro atoms. The van der Waals surface area contributed by atoms with Gasteiger partial charge in [-0.2, -0.15) is 0 Å². The standard InChI is InChI=1S/C24H26F2N2O6/c25-20-11-10-19(15-21(20)26)27-24(32)34-16-18-8-6-17(7-9-18)5-3-1-2-4-14-28(33)22(29)12-13-23(30)31/h6-13,15,33H,1-5,14,16H2,(H,27,32)(H,30,31)/b13-12+. The van der Waals surface area contributed by atoms with E-state index in [9.17, 15) is 28.4 Å². The van der Waals surface area contributed by atoms with Crippen molar-refractivity contribution in [3.63, 3.8) is 0 Å². The smallest absolute Gasteiger partial charge is 0.411 e. The number of carboxylic acid groups (broad SMARTS) is 1. The number of unbranched alkanes of at least 4 members (excludes halogenated alkanes) is 3. The van der Waals surface area contributed by atoms with Gasteiger partial charge in [0.05, 0.1) is 0 Å². The molecule has 0 heterocycles. The molecule has 0 aliphatic heterocycles. The van der Waals surface area contributed by atoms with Gasteiger partial charge in [-0.1, -0.05) is 37.1 Å². The lowest BCUT2D eigenvalue weighted by Crippen LogP contribution is -2.26. The van der Waals surface area contributed by atoms with Crippen molar-refractivity contribution in [1.82, 2.24) is 5.06 Å². The van der Waals surface area contributed by atoms with Gasteiger partial charge in [0.15, 0.2) is 11.6 Å². The van der Waals surface area contributed by atoms with Gasteiger partial charge in [-0.3, -0.25) is 15.3 Å². The van der Waals surface area contributed by atoms with Crippen molar-refractivity contribution in [3.8, 4) is 0 Å². The molecule has 2 rings (SSSR count). The van der Waals surface area contributed by atoms with Crippen LogP contribution in [0.15, 0.2) is 54.6 Å². The van der Waals surface area contributed by atoms with Gasteiger partial charge in [0, 0.05) is 30.5 Å². The summed E-state index contributed by atoms with van der Waals surface area (Å²) in [7, 11) is 0. The van der Waals surface area contributed by atoms with Crippen LogP contribution < -0.4 is 5.32 Å². The highest BCUT2D eigenvalue weighted by Crippen LogP contribution is 2.14. The molecule has 0 aliphatic rings. The van der Waals surface area contributed by atoms with E-state index in [4.69, 9.17) is 9.84 Å². The number of amides is 2. The number of nitrogens with zero attached hydrogens (tertiary/aromatic N) is 1. The van der Waals surface area contributed by atoms with Crippen molar-refractivity contribution < 1.29 is 38.2 Å². The Kier molecular flexibility index (Phi) is 10.7. The predicted octanol–water partition coefficient (Wildman–Crippen LogP) is 4.68. The number of aliphatic carboxylic acids is 1. The third kappa shape index (κ3) is 9.78. The second-order valence-corrected chi connectivity index (χ2v) is 7.44. The molecule has 2 aromatic rings. The van der Waals surface area contributed by atoms with Crippen LogP contribution in [-0.4, -0.2) is 39.9 Å². The first-order valence-corrected chi connectivity index (χ1v) is 10.6. The van der Waals surface area contributed by atoms with Gasteiger partial charge >= 0.3 is 12.1 Å². The van der Waals surface area contributed by atoms with E-state index in [1.54, 1.807) is 0 Å². The third-order valence-electron chi connectivity index (χ3n) is 4.77. The summed E-state index contributed by atoms with van der Waals surface area (Å²) < 4.78 is 31.2. The first kappa shape index (κ1) is 26.5. The van der Waals surface area contributed by atoms with Crippen LogP contribution >= 0.6 is 0 Å². The maximum Gasteiger partial charge on any atom is 0.411 e. The van der Waals surface area contributed by atoms with E-state index in [2.05, 4.69) is 5.32 Å². The van der Waals surface area contributed by atoms with Crippen LogP contribution in [-0.2, 0) is 27.4 Å². The minimum Gasteiger partial charge on any atom is -0.478 e. The second kappa shape index (κ2) is 13.7. The molecule has 2 amide bonds. The zero-order chi connectivity index (χ0) is 24.9. The summed E-state index contributed by atoms with van der Waals surface area (Å²) in [5.74, 6) is -4.10. The lowest BCUT2D eigenvalue weighted by Gasteiger charge is -2.12. The average Bonchev–Trinajstić information content (AvgIpc) is 2.81. The van der Waals surface area contributed by atoms with E-state index >= 15 is 0 Å². The first-order chi connectivity index (χ1) is 16.2. The molecule has 0 saturated heterocycles. The number of hydrogen-bond acceptors (Lipinski definition) is 5. The number of benzene rings is 2. The molecule has 0 saturated carbocycles. The minimum atomic E-state index is -1.26. The number of rotatable bonds is 12. The average molecular weight is 476 g/mol. The van der Waals surface area contributed by atoms with Crippen molar-refractivity contribution in [2.24, 2.45) is 0 Å². The normalized spacial score (nSPS) is 10.8. The van der Waals surface area contributed by atoms with E-state index < -0.39 is 29.6 Å². The highest BCUT2D eigenvalue weighted by atomic mass is 19.2. The SMILES string of the molecule is O=C(O)/C=C/C(=O)N(O)CCCCCCc1ccc(COC(=O)Nc2ccc(F)c(F)c2)cc1. The number of halogens is 2. The number of anilines is 1. The number of hydrogen-bond donors (Lipinski definition) is 3. The van der Waals surface area contributed by atoms with Gasteiger partial charge in [-0.15, -0.1) is 0 Å². The monoisotopic (exact) mass is 476 g/mol. The molecule has 0 fully saturated rings. The van der Waals surface area contributed by atoms with Gasteiger partial charge in [0.25, 0.3) is 5.91 Å². The molecule has 2 aromatic carbocycles. The quantitative estimate of drug-likeness (QED) is 0.177. The molecule has 0 aliphatic carbocycles. The summed E-state index contributed by atoms with van der Waals surface area (Å²) >= 11 is 0. The van der Waals surface area contributed by atoms with Crippen LogP contribution in [0.5, 0.6) is 0 Å². The fourth-order valence-corrected chi connectivity index (χ4v) is 2.96. The second-order valence-electron chi connectivity index (χ2n) is 7.44.